The van der Waals surface area contributed by atoms with Crippen LogP contribution in [0, 0.1) is 0 Å². The maximum atomic E-state index is 13.1. The van der Waals surface area contributed by atoms with E-state index in [0.717, 1.165) is 5.56 Å². The zero-order valence-electron chi connectivity index (χ0n) is 18.8. The van der Waals surface area contributed by atoms with Crippen LogP contribution in [-0.4, -0.2) is 42.9 Å². The number of hydrogen-bond acceptors (Lipinski definition) is 6. The SMILES string of the molecule is C=CCC(C=C)(NC(=O)OC(C)(C)C)C(=O)NS(=O)(=O)C1(COCc2ccccc2)CC1. The van der Waals surface area contributed by atoms with Gasteiger partial charge >= 0.3 is 6.09 Å². The summed E-state index contributed by atoms with van der Waals surface area (Å²) in [6.45, 7) is 12.4. The molecular formula is C23H32N2O6S. The maximum Gasteiger partial charge on any atom is 0.408 e. The number of hydrogen-bond donors (Lipinski definition) is 2. The Morgan fingerprint density at radius 1 is 1.16 bits per heavy atom. The first-order valence-electron chi connectivity index (χ1n) is 10.3. The first-order valence-corrected chi connectivity index (χ1v) is 11.8. The molecule has 0 aromatic heterocycles. The van der Waals surface area contributed by atoms with Gasteiger partial charge in [0.25, 0.3) is 5.91 Å². The Hall–Kier alpha value is -2.65. The summed E-state index contributed by atoms with van der Waals surface area (Å²) in [6.07, 6.45) is 2.35. The van der Waals surface area contributed by atoms with Crippen molar-refractivity contribution in [3.8, 4) is 0 Å². The van der Waals surface area contributed by atoms with Crippen molar-refractivity contribution in [2.75, 3.05) is 6.61 Å². The molecule has 1 aliphatic carbocycles. The molecule has 0 heterocycles. The molecule has 1 atom stereocenters. The highest BCUT2D eigenvalue weighted by molar-refractivity contribution is 7.91. The zero-order valence-corrected chi connectivity index (χ0v) is 19.7. The summed E-state index contributed by atoms with van der Waals surface area (Å²) in [5.41, 5.74) is -1.62. The molecule has 0 spiro atoms. The maximum absolute atomic E-state index is 13.1. The van der Waals surface area contributed by atoms with Gasteiger partial charge < -0.3 is 14.8 Å². The van der Waals surface area contributed by atoms with Crippen LogP contribution < -0.4 is 10.0 Å². The van der Waals surface area contributed by atoms with Crippen LogP contribution in [0.3, 0.4) is 0 Å². The number of rotatable bonds is 11. The number of carbonyl (C=O) groups is 2. The van der Waals surface area contributed by atoms with E-state index in [-0.39, 0.29) is 19.6 Å². The molecule has 2 N–H and O–H groups in total. The molecule has 1 aromatic rings. The summed E-state index contributed by atoms with van der Waals surface area (Å²) in [7, 11) is -4.08. The highest BCUT2D eigenvalue weighted by atomic mass is 32.2. The number of carbonyl (C=O) groups excluding carboxylic acids is 2. The minimum absolute atomic E-state index is 0.0491. The van der Waals surface area contributed by atoms with E-state index in [1.807, 2.05) is 30.3 Å². The van der Waals surface area contributed by atoms with E-state index < -0.39 is 37.9 Å². The lowest BCUT2D eigenvalue weighted by Gasteiger charge is -2.31. The van der Waals surface area contributed by atoms with Crippen LogP contribution in [0.25, 0.3) is 0 Å². The Morgan fingerprint density at radius 2 is 1.78 bits per heavy atom. The van der Waals surface area contributed by atoms with Crippen molar-refractivity contribution in [1.82, 2.24) is 10.0 Å². The van der Waals surface area contributed by atoms with Crippen molar-refractivity contribution in [3.05, 3.63) is 61.2 Å². The normalized spacial score (nSPS) is 16.8. The van der Waals surface area contributed by atoms with E-state index in [1.165, 1.54) is 12.2 Å². The molecule has 32 heavy (non-hydrogen) atoms. The predicted octanol–water partition coefficient (Wildman–Crippen LogP) is 3.21. The van der Waals surface area contributed by atoms with Crippen molar-refractivity contribution in [2.45, 2.75) is 62.5 Å². The van der Waals surface area contributed by atoms with E-state index >= 15 is 0 Å². The molecule has 1 saturated carbocycles. The molecule has 2 rings (SSSR count). The number of nitrogens with one attached hydrogen (secondary N) is 2. The number of benzene rings is 1. The number of ether oxygens (including phenoxy) is 2. The summed E-state index contributed by atoms with van der Waals surface area (Å²) >= 11 is 0. The molecule has 2 amide bonds. The van der Waals surface area contributed by atoms with Crippen LogP contribution in [0.15, 0.2) is 55.6 Å². The highest BCUT2D eigenvalue weighted by Crippen LogP contribution is 2.43. The fourth-order valence-electron chi connectivity index (χ4n) is 3.02. The fraction of sp³-hybridized carbons (Fsp3) is 0.478. The lowest BCUT2D eigenvalue weighted by Crippen LogP contribution is -2.60. The van der Waals surface area contributed by atoms with Gasteiger partial charge in [0, 0.05) is 6.42 Å². The summed E-state index contributed by atoms with van der Waals surface area (Å²) in [5, 5.41) is 2.44. The van der Waals surface area contributed by atoms with E-state index in [0.29, 0.717) is 12.8 Å². The Kier molecular flexibility index (Phi) is 7.90. The average Bonchev–Trinajstić information content (AvgIpc) is 3.48. The van der Waals surface area contributed by atoms with Crippen LogP contribution in [0.1, 0.15) is 45.6 Å². The third-order valence-electron chi connectivity index (χ3n) is 5.03. The van der Waals surface area contributed by atoms with Gasteiger partial charge in [0.2, 0.25) is 10.0 Å². The standard InChI is InChI=1S/C23H32N2O6S/c1-6-13-23(7-2,24-20(27)31-21(3,4)5)19(26)25-32(28,29)22(14-15-22)17-30-16-18-11-9-8-10-12-18/h6-12H,1-2,13-17H2,3-5H3,(H,24,27)(H,25,26). The molecule has 0 radical (unpaired) electrons. The smallest absolute Gasteiger partial charge is 0.408 e. The van der Waals surface area contributed by atoms with Crippen molar-refractivity contribution < 1.29 is 27.5 Å². The van der Waals surface area contributed by atoms with E-state index in [1.54, 1.807) is 20.8 Å². The van der Waals surface area contributed by atoms with Gasteiger partial charge in [0.1, 0.15) is 15.9 Å². The number of amides is 2. The Labute approximate surface area is 190 Å². The summed E-state index contributed by atoms with van der Waals surface area (Å²) in [6, 6.07) is 9.38. The van der Waals surface area contributed by atoms with Gasteiger partial charge in [0.05, 0.1) is 13.2 Å². The second kappa shape index (κ2) is 9.87. The molecule has 9 heteroatoms. The third kappa shape index (κ3) is 6.43. The average molecular weight is 465 g/mol. The lowest BCUT2D eigenvalue weighted by molar-refractivity contribution is -0.124. The molecule has 8 nitrogen and oxygen atoms in total. The van der Waals surface area contributed by atoms with Crippen molar-refractivity contribution in [2.24, 2.45) is 0 Å². The van der Waals surface area contributed by atoms with Crippen LogP contribution in [-0.2, 0) is 30.9 Å². The Bertz CT molecular complexity index is 948. The van der Waals surface area contributed by atoms with Crippen molar-refractivity contribution >= 4 is 22.0 Å². The molecule has 1 unspecified atom stereocenters. The summed E-state index contributed by atoms with van der Waals surface area (Å²) < 4.78 is 37.8. The first-order chi connectivity index (χ1) is 14.9. The molecule has 1 aromatic carbocycles. The Balaban J connectivity index is 2.10. The van der Waals surface area contributed by atoms with Crippen LogP contribution >= 0.6 is 0 Å². The summed E-state index contributed by atoms with van der Waals surface area (Å²) in [5.74, 6) is -0.937. The second-order valence-electron chi connectivity index (χ2n) is 8.89. The van der Waals surface area contributed by atoms with E-state index in [9.17, 15) is 18.0 Å². The zero-order chi connectivity index (χ0) is 24.0. The molecule has 1 fully saturated rings. The van der Waals surface area contributed by atoms with Crippen LogP contribution in [0.4, 0.5) is 4.79 Å². The van der Waals surface area contributed by atoms with Gasteiger partial charge in [-0.15, -0.1) is 13.2 Å². The summed E-state index contributed by atoms with van der Waals surface area (Å²) in [4.78, 5) is 25.4. The Morgan fingerprint density at radius 3 is 2.28 bits per heavy atom. The fourth-order valence-corrected chi connectivity index (χ4v) is 4.54. The minimum Gasteiger partial charge on any atom is -0.444 e. The van der Waals surface area contributed by atoms with Crippen LogP contribution in [0.5, 0.6) is 0 Å². The molecule has 0 bridgehead atoms. The second-order valence-corrected chi connectivity index (χ2v) is 11.0. The highest BCUT2D eigenvalue weighted by Gasteiger charge is 2.56. The van der Waals surface area contributed by atoms with Crippen molar-refractivity contribution in [1.29, 1.82) is 0 Å². The van der Waals surface area contributed by atoms with Gasteiger partial charge in [0.15, 0.2) is 0 Å². The van der Waals surface area contributed by atoms with Gasteiger partial charge in [-0.2, -0.15) is 0 Å². The molecular weight excluding hydrogens is 432 g/mol. The monoisotopic (exact) mass is 464 g/mol. The first kappa shape index (κ1) is 25.6. The van der Waals surface area contributed by atoms with Crippen molar-refractivity contribution in [3.63, 3.8) is 0 Å². The van der Waals surface area contributed by atoms with Gasteiger partial charge in [-0.1, -0.05) is 42.5 Å². The minimum atomic E-state index is -4.08. The lowest BCUT2D eigenvalue weighted by atomic mass is 9.94. The van der Waals surface area contributed by atoms with Gasteiger partial charge in [-0.3, -0.25) is 9.52 Å². The number of alkyl carbamates (subject to hydrolysis) is 1. The largest absolute Gasteiger partial charge is 0.444 e. The van der Waals surface area contributed by atoms with Crippen LogP contribution in [0.2, 0.25) is 0 Å². The predicted molar refractivity (Wildman–Crippen MR) is 122 cm³/mol. The molecule has 176 valence electrons. The van der Waals surface area contributed by atoms with Gasteiger partial charge in [-0.25, -0.2) is 13.2 Å². The van der Waals surface area contributed by atoms with E-state index in [4.69, 9.17) is 9.47 Å². The number of sulfonamides is 1. The van der Waals surface area contributed by atoms with Gasteiger partial charge in [-0.05, 0) is 39.2 Å². The molecule has 1 aliphatic rings. The molecule has 0 saturated heterocycles. The van der Waals surface area contributed by atoms with E-state index in [2.05, 4.69) is 23.2 Å². The molecule has 0 aliphatic heterocycles. The quantitative estimate of drug-likeness (QED) is 0.487. The topological polar surface area (TPSA) is 111 Å². The third-order valence-corrected chi connectivity index (χ3v) is 7.15.